The summed E-state index contributed by atoms with van der Waals surface area (Å²) in [5.41, 5.74) is 7.21. The Hall–Kier alpha value is -3.14. The summed E-state index contributed by atoms with van der Waals surface area (Å²) in [6.45, 7) is 2.46. The quantitative estimate of drug-likeness (QED) is 0.667. The molecule has 0 amide bonds. The zero-order chi connectivity index (χ0) is 18.8. The van der Waals surface area contributed by atoms with Gasteiger partial charge in [0.25, 0.3) is 0 Å². The topological polar surface area (TPSA) is 34.1 Å². The highest BCUT2D eigenvalue weighted by atomic mass is 19.1. The van der Waals surface area contributed by atoms with Crippen molar-refractivity contribution in [1.82, 2.24) is 4.98 Å². The fourth-order valence-electron chi connectivity index (χ4n) is 3.61. The maximum atomic E-state index is 13.9. The lowest BCUT2D eigenvalue weighted by atomic mass is 9.87. The number of halogens is 1. The first kappa shape index (κ1) is 17.3. The largest absolute Gasteiger partial charge is 0.487 e. The summed E-state index contributed by atoms with van der Waals surface area (Å²) in [4.78, 5) is 4.51. The van der Waals surface area contributed by atoms with Crippen molar-refractivity contribution in [2.24, 2.45) is 0 Å². The van der Waals surface area contributed by atoms with E-state index in [4.69, 9.17) is 4.74 Å². The van der Waals surface area contributed by atoms with Crippen LogP contribution in [0.2, 0.25) is 0 Å². The molecule has 3 aromatic rings. The second kappa shape index (κ2) is 7.23. The van der Waals surface area contributed by atoms with Gasteiger partial charge in [-0.2, -0.15) is 0 Å². The Morgan fingerprint density at radius 2 is 2.00 bits per heavy atom. The molecule has 0 radical (unpaired) electrons. The fourth-order valence-corrected chi connectivity index (χ4v) is 3.61. The zero-order valence-electron chi connectivity index (χ0n) is 15.4. The van der Waals surface area contributed by atoms with E-state index in [0.717, 1.165) is 40.1 Å². The lowest BCUT2D eigenvalue weighted by Crippen LogP contribution is -2.00. The van der Waals surface area contributed by atoms with Crippen molar-refractivity contribution in [3.63, 3.8) is 0 Å². The summed E-state index contributed by atoms with van der Waals surface area (Å²) in [6, 6.07) is 17.1. The number of ether oxygens (including phenoxy) is 1. The van der Waals surface area contributed by atoms with Crippen LogP contribution in [0.15, 0.2) is 60.8 Å². The fraction of sp³-hybridized carbons (Fsp3) is 0.174. The van der Waals surface area contributed by atoms with Gasteiger partial charge in [0.15, 0.2) is 0 Å². The third kappa shape index (κ3) is 3.19. The van der Waals surface area contributed by atoms with E-state index >= 15 is 0 Å². The minimum absolute atomic E-state index is 0.303. The number of hydrogen-bond donors (Lipinski definition) is 1. The molecule has 0 saturated heterocycles. The molecule has 2 aromatic carbocycles. The second-order valence-electron chi connectivity index (χ2n) is 6.46. The molecule has 3 nitrogen and oxygen atoms in total. The number of allylic oxidation sites excluding steroid dienone is 1. The molecule has 0 bridgehead atoms. The summed E-state index contributed by atoms with van der Waals surface area (Å²) >= 11 is 0. The minimum atomic E-state index is -0.303. The molecule has 0 spiro atoms. The van der Waals surface area contributed by atoms with E-state index in [9.17, 15) is 4.39 Å². The number of pyridine rings is 1. The molecule has 0 unspecified atom stereocenters. The van der Waals surface area contributed by atoms with Crippen LogP contribution in [0.25, 0.3) is 11.1 Å². The Labute approximate surface area is 158 Å². The number of aromatic nitrogens is 1. The number of fused-ring (bicyclic) bond motifs is 2. The molecule has 1 aliphatic heterocycles. The third-order valence-corrected chi connectivity index (χ3v) is 4.89. The van der Waals surface area contributed by atoms with Crippen molar-refractivity contribution in [2.75, 3.05) is 12.4 Å². The van der Waals surface area contributed by atoms with Gasteiger partial charge in [-0.3, -0.25) is 4.98 Å². The number of anilines is 1. The molecule has 0 aliphatic carbocycles. The van der Waals surface area contributed by atoms with Crippen LogP contribution in [0.5, 0.6) is 5.75 Å². The summed E-state index contributed by atoms with van der Waals surface area (Å²) < 4.78 is 19.8. The maximum Gasteiger partial charge on any atom is 0.131 e. The molecular weight excluding hydrogens is 339 g/mol. The first-order chi connectivity index (χ1) is 13.2. The van der Waals surface area contributed by atoms with Crippen molar-refractivity contribution in [1.29, 1.82) is 0 Å². The molecular formula is C23H21FN2O. The van der Waals surface area contributed by atoms with Gasteiger partial charge in [0.1, 0.15) is 18.2 Å². The van der Waals surface area contributed by atoms with E-state index in [2.05, 4.69) is 35.4 Å². The first-order valence-electron chi connectivity index (χ1n) is 9.09. The van der Waals surface area contributed by atoms with Gasteiger partial charge in [-0.15, -0.1) is 0 Å². The molecule has 27 heavy (non-hydrogen) atoms. The van der Waals surface area contributed by atoms with Crippen LogP contribution in [0.4, 0.5) is 10.1 Å². The zero-order valence-corrected chi connectivity index (χ0v) is 15.4. The Balaban J connectivity index is 2.05. The molecule has 4 rings (SSSR count). The first-order valence-corrected chi connectivity index (χ1v) is 9.09. The summed E-state index contributed by atoms with van der Waals surface area (Å²) in [5, 5.41) is 3.20. The normalized spacial score (nSPS) is 14.5. The van der Waals surface area contributed by atoms with Gasteiger partial charge < -0.3 is 10.1 Å². The molecule has 1 aliphatic rings. The molecule has 0 atom stereocenters. The monoisotopic (exact) mass is 360 g/mol. The van der Waals surface area contributed by atoms with Crippen molar-refractivity contribution in [2.45, 2.75) is 20.0 Å². The molecule has 2 heterocycles. The highest BCUT2D eigenvalue weighted by molar-refractivity contribution is 6.01. The van der Waals surface area contributed by atoms with E-state index in [1.165, 1.54) is 17.7 Å². The van der Waals surface area contributed by atoms with E-state index in [1.54, 1.807) is 12.3 Å². The van der Waals surface area contributed by atoms with Crippen LogP contribution in [0, 0.1) is 5.82 Å². The standard InChI is InChI=1S/C23H21FN2O/c1-3-18(15-6-4-7-17(12-15)25-2)23-19-8-5-11-26-21(19)14-27-22-13-16(24)9-10-20(22)23/h4-13,25H,3,14H2,1-2H3/b23-18-. The molecule has 0 saturated carbocycles. The Kier molecular flexibility index (Phi) is 4.63. The highest BCUT2D eigenvalue weighted by Gasteiger charge is 2.23. The molecule has 1 N–H and O–H groups in total. The van der Waals surface area contributed by atoms with Gasteiger partial charge in [-0.25, -0.2) is 4.39 Å². The average molecular weight is 360 g/mol. The third-order valence-electron chi connectivity index (χ3n) is 4.89. The molecule has 4 heteroatoms. The number of rotatable bonds is 3. The predicted octanol–water partition coefficient (Wildman–Crippen LogP) is 5.52. The van der Waals surface area contributed by atoms with E-state index in [-0.39, 0.29) is 5.82 Å². The number of nitrogens with one attached hydrogen (secondary N) is 1. The Morgan fingerprint density at radius 3 is 2.81 bits per heavy atom. The lowest BCUT2D eigenvalue weighted by molar-refractivity contribution is 0.301. The maximum absolute atomic E-state index is 13.9. The van der Waals surface area contributed by atoms with Crippen LogP contribution in [0.3, 0.4) is 0 Å². The molecule has 136 valence electrons. The Morgan fingerprint density at radius 1 is 1.11 bits per heavy atom. The van der Waals surface area contributed by atoms with Gasteiger partial charge in [-0.1, -0.05) is 25.1 Å². The van der Waals surface area contributed by atoms with Crippen molar-refractivity contribution in [3.8, 4) is 5.75 Å². The van der Waals surface area contributed by atoms with Crippen molar-refractivity contribution >= 4 is 16.8 Å². The predicted molar refractivity (Wildman–Crippen MR) is 107 cm³/mol. The van der Waals surface area contributed by atoms with Crippen LogP contribution >= 0.6 is 0 Å². The summed E-state index contributed by atoms with van der Waals surface area (Å²) in [7, 11) is 1.91. The van der Waals surface area contributed by atoms with Crippen molar-refractivity contribution in [3.05, 3.63) is 89.0 Å². The van der Waals surface area contributed by atoms with Gasteiger partial charge in [0, 0.05) is 36.1 Å². The summed E-state index contributed by atoms with van der Waals surface area (Å²) in [5.74, 6) is 0.251. The minimum Gasteiger partial charge on any atom is -0.487 e. The van der Waals surface area contributed by atoms with Crippen LogP contribution < -0.4 is 10.1 Å². The van der Waals surface area contributed by atoms with Gasteiger partial charge in [0.05, 0.1) is 5.69 Å². The lowest BCUT2D eigenvalue weighted by Gasteiger charge is -2.17. The molecule has 1 aromatic heterocycles. The van der Waals surface area contributed by atoms with E-state index in [1.807, 2.05) is 25.2 Å². The highest BCUT2D eigenvalue weighted by Crippen LogP contribution is 2.42. The van der Waals surface area contributed by atoms with Crippen LogP contribution in [-0.2, 0) is 6.61 Å². The molecule has 0 fully saturated rings. The second-order valence-corrected chi connectivity index (χ2v) is 6.46. The van der Waals surface area contributed by atoms with Gasteiger partial charge >= 0.3 is 0 Å². The van der Waals surface area contributed by atoms with E-state index in [0.29, 0.717) is 12.4 Å². The van der Waals surface area contributed by atoms with Gasteiger partial charge in [-0.05, 0) is 53.5 Å². The summed E-state index contributed by atoms with van der Waals surface area (Å²) in [6.07, 6.45) is 2.59. The van der Waals surface area contributed by atoms with E-state index < -0.39 is 0 Å². The Bertz CT molecular complexity index is 1030. The smallest absolute Gasteiger partial charge is 0.131 e. The number of nitrogens with zero attached hydrogens (tertiary/aromatic N) is 1. The number of benzene rings is 2. The number of hydrogen-bond acceptors (Lipinski definition) is 3. The SMILES string of the molecule is CC/C(=C1/c2ccc(F)cc2OCc2ncccc21)c1cccc(NC)c1. The van der Waals surface area contributed by atoms with Crippen molar-refractivity contribution < 1.29 is 9.13 Å². The van der Waals surface area contributed by atoms with Gasteiger partial charge in [0.2, 0.25) is 0 Å². The van der Waals surface area contributed by atoms with Crippen LogP contribution in [-0.4, -0.2) is 12.0 Å². The average Bonchev–Trinajstić information content (AvgIpc) is 2.86. The van der Waals surface area contributed by atoms with Crippen LogP contribution in [0.1, 0.15) is 35.7 Å².